The number of hydrogen-bond donors (Lipinski definition) is 1. The molecular formula is C14H13N3O2S. The molecule has 6 heteroatoms. The molecule has 1 aromatic carbocycles. The lowest BCUT2D eigenvalue weighted by molar-refractivity contribution is -0.114. The van der Waals surface area contributed by atoms with Gasteiger partial charge in [-0.3, -0.25) is 4.79 Å². The van der Waals surface area contributed by atoms with Crippen molar-refractivity contribution < 1.29 is 9.53 Å². The summed E-state index contributed by atoms with van der Waals surface area (Å²) in [5, 5.41) is 3.32. The molecule has 3 aromatic rings. The number of hydrogen-bond acceptors (Lipinski definition) is 4. The Morgan fingerprint density at radius 1 is 1.40 bits per heavy atom. The number of methoxy groups -OCH3 is 1. The van der Waals surface area contributed by atoms with Crippen LogP contribution in [-0.2, 0) is 4.79 Å². The van der Waals surface area contributed by atoms with E-state index in [0.717, 1.165) is 21.8 Å². The summed E-state index contributed by atoms with van der Waals surface area (Å²) in [6.45, 7) is 1.47. The molecule has 0 aliphatic carbocycles. The molecule has 102 valence electrons. The van der Waals surface area contributed by atoms with Crippen LogP contribution in [0.1, 0.15) is 6.92 Å². The van der Waals surface area contributed by atoms with Crippen LogP contribution in [0.15, 0.2) is 36.5 Å². The molecule has 0 aliphatic heterocycles. The number of benzene rings is 1. The first-order valence-electron chi connectivity index (χ1n) is 6.07. The predicted molar refractivity (Wildman–Crippen MR) is 79.8 cm³/mol. The number of carbonyl (C=O) groups is 1. The quantitative estimate of drug-likeness (QED) is 0.805. The van der Waals surface area contributed by atoms with Crippen LogP contribution < -0.4 is 10.1 Å². The third-order valence-corrected chi connectivity index (χ3v) is 3.84. The second kappa shape index (κ2) is 4.97. The van der Waals surface area contributed by atoms with Crippen LogP contribution in [0.2, 0.25) is 0 Å². The fraction of sp³-hybridized carbons (Fsp3) is 0.143. The summed E-state index contributed by atoms with van der Waals surface area (Å²) in [7, 11) is 1.64. The average Bonchev–Trinajstić information content (AvgIpc) is 2.97. The minimum atomic E-state index is -0.116. The molecule has 1 amide bonds. The van der Waals surface area contributed by atoms with Gasteiger partial charge in [-0.15, -0.1) is 0 Å². The topological polar surface area (TPSA) is 56.1 Å². The number of anilines is 1. The van der Waals surface area contributed by atoms with Crippen molar-refractivity contribution in [2.24, 2.45) is 0 Å². The smallest absolute Gasteiger partial charge is 0.223 e. The molecule has 0 atom stereocenters. The van der Waals surface area contributed by atoms with Gasteiger partial charge in [-0.25, -0.2) is 4.98 Å². The number of nitrogens with zero attached hydrogens (tertiary/aromatic N) is 2. The molecule has 0 bridgehead atoms. The standard InChI is InChI=1S/C14H13N3O2S/c1-9(18)15-14-16-12-6-7-17(13(12)20-14)10-4-3-5-11(8-10)19-2/h3-8H,1-2H3,(H,15,16,18). The van der Waals surface area contributed by atoms with E-state index in [-0.39, 0.29) is 5.91 Å². The normalized spacial score (nSPS) is 10.7. The zero-order chi connectivity index (χ0) is 14.1. The number of fused-ring (bicyclic) bond motifs is 1. The van der Waals surface area contributed by atoms with Crippen LogP contribution in [-0.4, -0.2) is 22.6 Å². The predicted octanol–water partition coefficient (Wildman–Crippen LogP) is 3.05. The van der Waals surface area contributed by atoms with Gasteiger partial charge in [0.05, 0.1) is 12.8 Å². The van der Waals surface area contributed by atoms with Crippen molar-refractivity contribution in [2.45, 2.75) is 6.92 Å². The van der Waals surface area contributed by atoms with E-state index < -0.39 is 0 Å². The Bertz CT molecular complexity index is 776. The van der Waals surface area contributed by atoms with Gasteiger partial charge >= 0.3 is 0 Å². The van der Waals surface area contributed by atoms with Crippen LogP contribution in [0.4, 0.5) is 5.13 Å². The number of carbonyl (C=O) groups excluding carboxylic acids is 1. The Labute approximate surface area is 119 Å². The summed E-state index contributed by atoms with van der Waals surface area (Å²) in [4.78, 5) is 16.4. The molecule has 0 fully saturated rings. The van der Waals surface area contributed by atoms with Crippen LogP contribution in [0.25, 0.3) is 16.0 Å². The summed E-state index contributed by atoms with van der Waals surface area (Å²) in [6.07, 6.45) is 1.96. The zero-order valence-corrected chi connectivity index (χ0v) is 11.9. The fourth-order valence-corrected chi connectivity index (χ4v) is 2.99. The van der Waals surface area contributed by atoms with E-state index in [4.69, 9.17) is 4.74 Å². The number of thiazole rings is 1. The van der Waals surface area contributed by atoms with E-state index in [1.165, 1.54) is 18.3 Å². The van der Waals surface area contributed by atoms with Gasteiger partial charge in [0.1, 0.15) is 16.1 Å². The maximum Gasteiger partial charge on any atom is 0.223 e. The Hall–Kier alpha value is -2.34. The molecule has 0 saturated heterocycles. The SMILES string of the molecule is COc1cccc(-n2ccc3nc(NC(C)=O)sc32)c1. The number of rotatable bonds is 3. The maximum absolute atomic E-state index is 11.1. The minimum Gasteiger partial charge on any atom is -0.497 e. The van der Waals surface area contributed by atoms with Crippen molar-refractivity contribution in [3.8, 4) is 11.4 Å². The summed E-state index contributed by atoms with van der Waals surface area (Å²) >= 11 is 1.45. The van der Waals surface area contributed by atoms with Crippen LogP contribution in [0.3, 0.4) is 0 Å². The third kappa shape index (κ3) is 2.25. The highest BCUT2D eigenvalue weighted by molar-refractivity contribution is 7.22. The second-order valence-corrected chi connectivity index (χ2v) is 5.26. The highest BCUT2D eigenvalue weighted by Gasteiger charge is 2.10. The first-order chi connectivity index (χ1) is 9.67. The van der Waals surface area contributed by atoms with E-state index in [1.54, 1.807) is 7.11 Å². The minimum absolute atomic E-state index is 0.116. The molecule has 0 unspecified atom stereocenters. The van der Waals surface area contributed by atoms with Crippen molar-refractivity contribution >= 4 is 32.7 Å². The van der Waals surface area contributed by atoms with E-state index in [1.807, 2.05) is 41.1 Å². The summed E-state index contributed by atoms with van der Waals surface area (Å²) in [6, 6.07) is 9.73. The van der Waals surface area contributed by atoms with Crippen molar-refractivity contribution in [3.05, 3.63) is 36.5 Å². The van der Waals surface area contributed by atoms with Crippen LogP contribution in [0.5, 0.6) is 5.75 Å². The zero-order valence-electron chi connectivity index (χ0n) is 11.1. The van der Waals surface area contributed by atoms with Gasteiger partial charge in [0.25, 0.3) is 0 Å². The van der Waals surface area contributed by atoms with Gasteiger partial charge in [-0.05, 0) is 18.2 Å². The molecule has 1 N–H and O–H groups in total. The molecule has 20 heavy (non-hydrogen) atoms. The number of nitrogens with one attached hydrogen (secondary N) is 1. The highest BCUT2D eigenvalue weighted by Crippen LogP contribution is 2.30. The number of ether oxygens (including phenoxy) is 1. The lowest BCUT2D eigenvalue weighted by Gasteiger charge is -2.05. The lowest BCUT2D eigenvalue weighted by Crippen LogP contribution is -2.04. The maximum atomic E-state index is 11.1. The molecular weight excluding hydrogens is 274 g/mol. The largest absolute Gasteiger partial charge is 0.497 e. The molecule has 5 nitrogen and oxygen atoms in total. The van der Waals surface area contributed by atoms with Gasteiger partial charge < -0.3 is 14.6 Å². The number of aromatic nitrogens is 2. The first kappa shape index (κ1) is 12.7. The molecule has 0 saturated carbocycles. The summed E-state index contributed by atoms with van der Waals surface area (Å²) < 4.78 is 7.27. The Balaban J connectivity index is 2.06. The van der Waals surface area contributed by atoms with Gasteiger partial charge in [0, 0.05) is 19.2 Å². The Morgan fingerprint density at radius 3 is 3.00 bits per heavy atom. The highest BCUT2D eigenvalue weighted by atomic mass is 32.1. The summed E-state index contributed by atoms with van der Waals surface area (Å²) in [5.74, 6) is 0.685. The van der Waals surface area contributed by atoms with Gasteiger partial charge in [-0.1, -0.05) is 17.4 Å². The van der Waals surface area contributed by atoms with Crippen molar-refractivity contribution in [2.75, 3.05) is 12.4 Å². The molecule has 2 heterocycles. The van der Waals surface area contributed by atoms with Crippen LogP contribution >= 0.6 is 11.3 Å². The Kier molecular flexibility index (Phi) is 3.15. The fourth-order valence-electron chi connectivity index (χ4n) is 1.99. The molecule has 0 spiro atoms. The number of amides is 1. The van der Waals surface area contributed by atoms with Gasteiger partial charge in [-0.2, -0.15) is 0 Å². The van der Waals surface area contributed by atoms with E-state index in [0.29, 0.717) is 5.13 Å². The van der Waals surface area contributed by atoms with Crippen molar-refractivity contribution in [3.63, 3.8) is 0 Å². The molecule has 3 rings (SSSR count). The third-order valence-electron chi connectivity index (χ3n) is 2.85. The van der Waals surface area contributed by atoms with Crippen LogP contribution in [0, 0.1) is 0 Å². The second-order valence-electron chi connectivity index (χ2n) is 4.28. The van der Waals surface area contributed by atoms with Crippen molar-refractivity contribution in [1.29, 1.82) is 0 Å². The lowest BCUT2D eigenvalue weighted by atomic mass is 10.3. The van der Waals surface area contributed by atoms with Gasteiger partial charge in [0.2, 0.25) is 5.91 Å². The van der Waals surface area contributed by atoms with Gasteiger partial charge in [0.15, 0.2) is 5.13 Å². The Morgan fingerprint density at radius 2 is 2.25 bits per heavy atom. The monoisotopic (exact) mass is 287 g/mol. The van der Waals surface area contributed by atoms with E-state index in [9.17, 15) is 4.79 Å². The van der Waals surface area contributed by atoms with E-state index in [2.05, 4.69) is 10.3 Å². The summed E-state index contributed by atoms with van der Waals surface area (Å²) in [5.41, 5.74) is 1.86. The molecule has 0 aliphatic rings. The van der Waals surface area contributed by atoms with Crippen molar-refractivity contribution in [1.82, 2.24) is 9.55 Å². The molecule has 0 radical (unpaired) electrons. The molecule has 2 aromatic heterocycles. The first-order valence-corrected chi connectivity index (χ1v) is 6.89. The van der Waals surface area contributed by atoms with E-state index >= 15 is 0 Å². The average molecular weight is 287 g/mol.